The Labute approximate surface area is 256 Å². The van der Waals surface area contributed by atoms with Crippen LogP contribution in [0.3, 0.4) is 0 Å². The van der Waals surface area contributed by atoms with Crippen LogP contribution in [-0.2, 0) is 15.3 Å². The van der Waals surface area contributed by atoms with E-state index in [0.29, 0.717) is 44.2 Å². The summed E-state index contributed by atoms with van der Waals surface area (Å²) in [7, 11) is 0. The first-order valence-corrected chi connectivity index (χ1v) is 15.5. The molecular weight excluding hydrogens is 597 g/mol. The Morgan fingerprint density at radius 2 is 1.86 bits per heavy atom. The lowest BCUT2D eigenvalue weighted by Crippen LogP contribution is -2.29. The molecule has 216 valence electrons. The lowest BCUT2D eigenvalue weighted by molar-refractivity contribution is -0.132. The second kappa shape index (κ2) is 13.5. The molecule has 1 aliphatic rings. The standard InChI is InChI=1S/C31H27ClFN3O4S2/c1-2-3-6-16-40-23-10-7-9-20(17-23)26-25(27(37)19-12-14-22(32)15-13-19)28(38)29(39)36(26)30-34-35-31(42-30)41-18-21-8-4-5-11-24(21)33/h4-5,7-15,17,26,37H,2-3,6,16,18H2,1H3. The first-order valence-electron chi connectivity index (χ1n) is 13.4. The van der Waals surface area contributed by atoms with Crippen LogP contribution in [0.5, 0.6) is 5.75 Å². The zero-order valence-electron chi connectivity index (χ0n) is 22.6. The molecular formula is C31H27ClFN3O4S2. The van der Waals surface area contributed by atoms with E-state index < -0.39 is 17.7 Å². The Morgan fingerprint density at radius 3 is 2.62 bits per heavy atom. The molecule has 7 nitrogen and oxygen atoms in total. The average molecular weight is 624 g/mol. The Balaban J connectivity index is 1.52. The predicted molar refractivity (Wildman–Crippen MR) is 164 cm³/mol. The number of amides is 1. The molecule has 5 rings (SSSR count). The van der Waals surface area contributed by atoms with Crippen molar-refractivity contribution in [3.63, 3.8) is 0 Å². The molecule has 3 aromatic carbocycles. The predicted octanol–water partition coefficient (Wildman–Crippen LogP) is 7.82. The molecule has 1 amide bonds. The molecule has 1 atom stereocenters. The molecule has 4 aromatic rings. The number of aliphatic hydroxyl groups excluding tert-OH is 1. The van der Waals surface area contributed by atoms with Crippen molar-refractivity contribution in [2.24, 2.45) is 0 Å². The summed E-state index contributed by atoms with van der Waals surface area (Å²) in [6, 6.07) is 18.9. The van der Waals surface area contributed by atoms with Gasteiger partial charge in [0.25, 0.3) is 5.78 Å². The highest BCUT2D eigenvalue weighted by atomic mass is 35.5. The highest BCUT2D eigenvalue weighted by molar-refractivity contribution is 8.00. The van der Waals surface area contributed by atoms with E-state index in [1.54, 1.807) is 60.7 Å². The van der Waals surface area contributed by atoms with Gasteiger partial charge in [-0.05, 0) is 60.0 Å². The number of aromatic nitrogens is 2. The largest absolute Gasteiger partial charge is 0.507 e. The van der Waals surface area contributed by atoms with Crippen LogP contribution in [0.25, 0.3) is 5.76 Å². The van der Waals surface area contributed by atoms with Gasteiger partial charge < -0.3 is 9.84 Å². The monoisotopic (exact) mass is 623 g/mol. The van der Waals surface area contributed by atoms with Gasteiger partial charge in [0.2, 0.25) is 5.13 Å². The number of ether oxygens (including phenoxy) is 1. The van der Waals surface area contributed by atoms with Gasteiger partial charge in [-0.1, -0.05) is 84.8 Å². The SMILES string of the molecule is CCCCCOc1cccc(C2C(=C(O)c3ccc(Cl)cc3)C(=O)C(=O)N2c2nnc(SCc3ccccc3F)s2)c1. The van der Waals surface area contributed by atoms with Crippen molar-refractivity contribution in [3.05, 3.63) is 106 Å². The van der Waals surface area contributed by atoms with Crippen molar-refractivity contribution in [2.75, 3.05) is 11.5 Å². The molecule has 1 N–H and O–H groups in total. The summed E-state index contributed by atoms with van der Waals surface area (Å²) < 4.78 is 20.6. The van der Waals surface area contributed by atoms with E-state index in [1.165, 1.54) is 22.7 Å². The number of aliphatic hydroxyl groups is 1. The minimum atomic E-state index is -0.989. The Hall–Kier alpha value is -3.73. The molecule has 0 radical (unpaired) electrons. The number of rotatable bonds is 11. The third-order valence-corrected chi connectivity index (χ3v) is 9.02. The summed E-state index contributed by atoms with van der Waals surface area (Å²) in [5.74, 6) is -1.44. The van der Waals surface area contributed by atoms with Crippen LogP contribution < -0.4 is 9.64 Å². The molecule has 1 aromatic heterocycles. The normalized spacial score (nSPS) is 16.3. The van der Waals surface area contributed by atoms with Crippen LogP contribution in [0.15, 0.2) is 82.7 Å². The van der Waals surface area contributed by atoms with Gasteiger partial charge in [-0.2, -0.15) is 0 Å². The van der Waals surface area contributed by atoms with Crippen molar-refractivity contribution >= 4 is 57.3 Å². The first kappa shape index (κ1) is 29.8. The van der Waals surface area contributed by atoms with E-state index in [1.807, 2.05) is 6.07 Å². The highest BCUT2D eigenvalue weighted by Gasteiger charge is 2.48. The molecule has 0 bridgehead atoms. The Morgan fingerprint density at radius 1 is 1.07 bits per heavy atom. The van der Waals surface area contributed by atoms with Gasteiger partial charge in [-0.25, -0.2) is 4.39 Å². The zero-order chi connectivity index (χ0) is 29.6. The smallest absolute Gasteiger partial charge is 0.301 e. The number of Topliss-reactive ketones (excluding diaryl/α,β-unsaturated/α-hetero) is 1. The van der Waals surface area contributed by atoms with E-state index in [0.717, 1.165) is 30.6 Å². The number of thioether (sulfide) groups is 1. The quantitative estimate of drug-likeness (QED) is 0.0455. The second-order valence-electron chi connectivity index (χ2n) is 9.53. The van der Waals surface area contributed by atoms with Crippen LogP contribution >= 0.6 is 34.7 Å². The second-order valence-corrected chi connectivity index (χ2v) is 12.1. The lowest BCUT2D eigenvalue weighted by Gasteiger charge is -2.23. The number of nitrogens with zero attached hydrogens (tertiary/aromatic N) is 3. The molecule has 1 aliphatic heterocycles. The third kappa shape index (κ3) is 6.51. The molecule has 1 saturated heterocycles. The maximum Gasteiger partial charge on any atom is 0.301 e. The lowest BCUT2D eigenvalue weighted by atomic mass is 9.95. The number of anilines is 1. The summed E-state index contributed by atoms with van der Waals surface area (Å²) in [5.41, 5.74) is 1.33. The van der Waals surface area contributed by atoms with Crippen molar-refractivity contribution in [1.82, 2.24) is 10.2 Å². The Kier molecular flexibility index (Phi) is 9.56. The minimum absolute atomic E-state index is 0.0822. The van der Waals surface area contributed by atoms with E-state index in [4.69, 9.17) is 16.3 Å². The maximum absolute atomic E-state index is 14.1. The van der Waals surface area contributed by atoms with Gasteiger partial charge in [-0.3, -0.25) is 14.5 Å². The maximum atomic E-state index is 14.1. The topological polar surface area (TPSA) is 92.6 Å². The number of carbonyl (C=O) groups excluding carboxylic acids is 2. The molecule has 2 heterocycles. The van der Waals surface area contributed by atoms with E-state index in [-0.39, 0.29) is 22.3 Å². The van der Waals surface area contributed by atoms with Crippen LogP contribution in [0.4, 0.5) is 9.52 Å². The van der Waals surface area contributed by atoms with Crippen molar-refractivity contribution in [3.8, 4) is 5.75 Å². The Bertz CT molecular complexity index is 1630. The minimum Gasteiger partial charge on any atom is -0.507 e. The molecule has 1 fully saturated rings. The summed E-state index contributed by atoms with van der Waals surface area (Å²) in [5, 5.41) is 20.4. The van der Waals surface area contributed by atoms with Gasteiger partial charge in [-0.15, -0.1) is 10.2 Å². The average Bonchev–Trinajstić information content (AvgIpc) is 3.57. The number of hydrogen-bond donors (Lipinski definition) is 1. The molecule has 0 saturated carbocycles. The fraction of sp³-hybridized carbons (Fsp3) is 0.226. The van der Waals surface area contributed by atoms with Crippen LogP contribution in [-0.4, -0.2) is 33.6 Å². The van der Waals surface area contributed by atoms with E-state index >= 15 is 0 Å². The van der Waals surface area contributed by atoms with Crippen molar-refractivity contribution in [1.29, 1.82) is 0 Å². The fourth-order valence-electron chi connectivity index (χ4n) is 4.54. The number of benzene rings is 3. The van der Waals surface area contributed by atoms with Crippen molar-refractivity contribution < 1.29 is 23.8 Å². The number of halogens is 2. The molecule has 0 aliphatic carbocycles. The number of unbranched alkanes of at least 4 members (excludes halogenated alkanes) is 2. The molecule has 42 heavy (non-hydrogen) atoms. The summed E-state index contributed by atoms with van der Waals surface area (Å²) in [6.45, 7) is 2.64. The van der Waals surface area contributed by atoms with Gasteiger partial charge in [0.15, 0.2) is 4.34 Å². The van der Waals surface area contributed by atoms with Crippen LogP contribution in [0.2, 0.25) is 5.02 Å². The third-order valence-electron chi connectivity index (χ3n) is 6.66. The number of hydrogen-bond acceptors (Lipinski definition) is 8. The van der Waals surface area contributed by atoms with Crippen molar-refractivity contribution in [2.45, 2.75) is 42.3 Å². The van der Waals surface area contributed by atoms with Crippen LogP contribution in [0.1, 0.15) is 48.9 Å². The number of carbonyl (C=O) groups is 2. The van der Waals surface area contributed by atoms with Gasteiger partial charge >= 0.3 is 5.91 Å². The van der Waals surface area contributed by atoms with E-state index in [2.05, 4.69) is 17.1 Å². The number of ketones is 1. The van der Waals surface area contributed by atoms with Gasteiger partial charge in [0.05, 0.1) is 18.2 Å². The van der Waals surface area contributed by atoms with Crippen LogP contribution in [0, 0.1) is 5.82 Å². The van der Waals surface area contributed by atoms with Gasteiger partial charge in [0.1, 0.15) is 17.3 Å². The van der Waals surface area contributed by atoms with Gasteiger partial charge in [0, 0.05) is 16.3 Å². The fourth-order valence-corrected chi connectivity index (χ4v) is 6.52. The summed E-state index contributed by atoms with van der Waals surface area (Å²) >= 11 is 8.42. The van der Waals surface area contributed by atoms with E-state index in [9.17, 15) is 19.1 Å². The molecule has 11 heteroatoms. The molecule has 0 spiro atoms. The summed E-state index contributed by atoms with van der Waals surface area (Å²) in [4.78, 5) is 28.2. The highest BCUT2D eigenvalue weighted by Crippen LogP contribution is 2.44. The summed E-state index contributed by atoms with van der Waals surface area (Å²) in [6.07, 6.45) is 2.99. The zero-order valence-corrected chi connectivity index (χ0v) is 25.0. The first-order chi connectivity index (χ1) is 20.4. The molecule has 1 unspecified atom stereocenters.